The summed E-state index contributed by atoms with van der Waals surface area (Å²) in [5.74, 6) is 1.03. The monoisotopic (exact) mass is 328 g/mol. The average Bonchev–Trinajstić information content (AvgIpc) is 3.02. The smallest absolute Gasteiger partial charge is 0.249 e. The first-order valence-corrected chi connectivity index (χ1v) is 7.75. The van der Waals surface area contributed by atoms with Crippen molar-refractivity contribution in [2.45, 2.75) is 13.0 Å². The Morgan fingerprint density at radius 1 is 1.09 bits per heavy atom. The lowest BCUT2D eigenvalue weighted by Crippen LogP contribution is -2.20. The molecule has 0 saturated carbocycles. The Morgan fingerprint density at radius 2 is 1.87 bits per heavy atom. The highest BCUT2D eigenvalue weighted by atomic mass is 35.5. The first kappa shape index (κ1) is 15.6. The Balaban J connectivity index is 1.59. The van der Waals surface area contributed by atoms with E-state index in [0.717, 1.165) is 18.5 Å². The van der Waals surface area contributed by atoms with Crippen LogP contribution >= 0.6 is 11.6 Å². The highest BCUT2D eigenvalue weighted by Crippen LogP contribution is 2.26. The molecule has 0 N–H and O–H groups in total. The summed E-state index contributed by atoms with van der Waals surface area (Å²) in [5, 5.41) is 8.79. The predicted molar refractivity (Wildman–Crippen MR) is 89.0 cm³/mol. The van der Waals surface area contributed by atoms with Crippen LogP contribution in [0.3, 0.4) is 0 Å². The molecule has 0 unspecified atom stereocenters. The zero-order chi connectivity index (χ0) is 16.1. The van der Waals surface area contributed by atoms with Gasteiger partial charge in [0, 0.05) is 18.9 Å². The fourth-order valence-electron chi connectivity index (χ4n) is 2.24. The zero-order valence-corrected chi connectivity index (χ0v) is 13.6. The standard InChI is InChI=1S/C17H17ClN4O/c1-22(11-8-13-6-9-19-10-7-13)12-16-20-21-17(23-16)14-4-2-3-5-15(14)18/h2-7,9-10H,8,11-12H2,1H3. The predicted octanol–water partition coefficient (Wildman–Crippen LogP) is 3.46. The van der Waals surface area contributed by atoms with Gasteiger partial charge in [0.15, 0.2) is 0 Å². The molecule has 0 saturated heterocycles. The molecule has 23 heavy (non-hydrogen) atoms. The van der Waals surface area contributed by atoms with Crippen molar-refractivity contribution in [3.8, 4) is 11.5 Å². The van der Waals surface area contributed by atoms with Crippen LogP contribution in [0.4, 0.5) is 0 Å². The molecule has 2 aromatic heterocycles. The van der Waals surface area contributed by atoms with Gasteiger partial charge in [-0.05, 0) is 43.3 Å². The highest BCUT2D eigenvalue weighted by Gasteiger charge is 2.12. The molecule has 0 spiro atoms. The second-order valence-electron chi connectivity index (χ2n) is 5.32. The number of halogens is 1. The quantitative estimate of drug-likeness (QED) is 0.693. The van der Waals surface area contributed by atoms with Crippen LogP contribution in [0.15, 0.2) is 53.2 Å². The maximum Gasteiger partial charge on any atom is 0.249 e. The van der Waals surface area contributed by atoms with E-state index < -0.39 is 0 Å². The van der Waals surface area contributed by atoms with E-state index in [1.54, 1.807) is 0 Å². The minimum Gasteiger partial charge on any atom is -0.419 e. The van der Waals surface area contributed by atoms with Crippen LogP contribution in [0.25, 0.3) is 11.5 Å². The SMILES string of the molecule is CN(CCc1ccncc1)Cc1nnc(-c2ccccc2Cl)o1. The van der Waals surface area contributed by atoms with Crippen LogP contribution < -0.4 is 0 Å². The van der Waals surface area contributed by atoms with Gasteiger partial charge in [-0.2, -0.15) is 0 Å². The first-order chi connectivity index (χ1) is 11.2. The second-order valence-corrected chi connectivity index (χ2v) is 5.73. The molecule has 5 nitrogen and oxygen atoms in total. The number of nitrogens with zero attached hydrogens (tertiary/aromatic N) is 4. The van der Waals surface area contributed by atoms with E-state index >= 15 is 0 Å². The Kier molecular flexibility index (Phi) is 5.00. The van der Waals surface area contributed by atoms with E-state index in [0.29, 0.717) is 23.3 Å². The third kappa shape index (κ3) is 4.15. The highest BCUT2D eigenvalue weighted by molar-refractivity contribution is 6.33. The molecule has 0 amide bonds. The zero-order valence-electron chi connectivity index (χ0n) is 12.8. The van der Waals surface area contributed by atoms with Crippen molar-refractivity contribution >= 4 is 11.6 Å². The van der Waals surface area contributed by atoms with E-state index in [4.69, 9.17) is 16.0 Å². The molecule has 118 valence electrons. The molecule has 1 aromatic carbocycles. The topological polar surface area (TPSA) is 55.1 Å². The summed E-state index contributed by atoms with van der Waals surface area (Å²) in [4.78, 5) is 6.16. The van der Waals surface area contributed by atoms with Gasteiger partial charge in [0.25, 0.3) is 0 Å². The van der Waals surface area contributed by atoms with E-state index in [1.807, 2.05) is 55.8 Å². The lowest BCUT2D eigenvalue weighted by Gasteiger charge is -2.13. The molecular formula is C17H17ClN4O. The lowest BCUT2D eigenvalue weighted by atomic mass is 10.2. The van der Waals surface area contributed by atoms with Crippen molar-refractivity contribution in [1.82, 2.24) is 20.1 Å². The molecule has 0 fully saturated rings. The maximum absolute atomic E-state index is 6.15. The summed E-state index contributed by atoms with van der Waals surface area (Å²) in [6.07, 6.45) is 4.57. The Morgan fingerprint density at radius 3 is 2.65 bits per heavy atom. The number of hydrogen-bond donors (Lipinski definition) is 0. The number of likely N-dealkylation sites (N-methyl/N-ethyl adjacent to an activating group) is 1. The summed E-state index contributed by atoms with van der Waals surface area (Å²) in [6.45, 7) is 1.50. The molecule has 3 rings (SSSR count). The molecule has 0 radical (unpaired) electrons. The van der Waals surface area contributed by atoms with E-state index in [-0.39, 0.29) is 0 Å². The van der Waals surface area contributed by atoms with Crippen LogP contribution in [-0.4, -0.2) is 33.7 Å². The summed E-state index contributed by atoms with van der Waals surface area (Å²) in [6, 6.07) is 11.5. The van der Waals surface area contributed by atoms with E-state index in [2.05, 4.69) is 20.1 Å². The lowest BCUT2D eigenvalue weighted by molar-refractivity contribution is 0.293. The van der Waals surface area contributed by atoms with Crippen molar-refractivity contribution in [3.05, 3.63) is 65.3 Å². The molecule has 0 bridgehead atoms. The minimum absolute atomic E-state index is 0.452. The number of hydrogen-bond acceptors (Lipinski definition) is 5. The maximum atomic E-state index is 6.15. The first-order valence-electron chi connectivity index (χ1n) is 7.37. The summed E-state index contributed by atoms with van der Waals surface area (Å²) in [5.41, 5.74) is 2.02. The van der Waals surface area contributed by atoms with Gasteiger partial charge in [-0.3, -0.25) is 9.88 Å². The van der Waals surface area contributed by atoms with Gasteiger partial charge in [0.05, 0.1) is 17.1 Å². The van der Waals surface area contributed by atoms with Crippen molar-refractivity contribution in [3.63, 3.8) is 0 Å². The molecule has 3 aromatic rings. The van der Waals surface area contributed by atoms with Gasteiger partial charge in [0.1, 0.15) is 0 Å². The second kappa shape index (κ2) is 7.35. The molecular weight excluding hydrogens is 312 g/mol. The normalized spacial score (nSPS) is 11.1. The Hall–Kier alpha value is -2.24. The van der Waals surface area contributed by atoms with Crippen LogP contribution in [0, 0.1) is 0 Å². The average molecular weight is 329 g/mol. The summed E-state index contributed by atoms with van der Waals surface area (Å²) < 4.78 is 5.71. The summed E-state index contributed by atoms with van der Waals surface area (Å²) in [7, 11) is 2.03. The number of rotatable bonds is 6. The van der Waals surface area contributed by atoms with Crippen molar-refractivity contribution in [2.24, 2.45) is 0 Å². The molecule has 0 aliphatic carbocycles. The number of aromatic nitrogens is 3. The van der Waals surface area contributed by atoms with Crippen LogP contribution in [0.5, 0.6) is 0 Å². The van der Waals surface area contributed by atoms with Gasteiger partial charge in [-0.1, -0.05) is 23.7 Å². The van der Waals surface area contributed by atoms with E-state index in [9.17, 15) is 0 Å². The molecule has 2 heterocycles. The Labute approximate surface area is 139 Å². The van der Waals surface area contributed by atoms with Crippen molar-refractivity contribution in [1.29, 1.82) is 0 Å². The third-order valence-corrected chi connectivity index (χ3v) is 3.84. The minimum atomic E-state index is 0.452. The van der Waals surface area contributed by atoms with Gasteiger partial charge in [-0.15, -0.1) is 10.2 Å². The largest absolute Gasteiger partial charge is 0.419 e. The van der Waals surface area contributed by atoms with Crippen LogP contribution in [0.2, 0.25) is 5.02 Å². The van der Waals surface area contributed by atoms with Crippen LogP contribution in [-0.2, 0) is 13.0 Å². The van der Waals surface area contributed by atoms with Gasteiger partial charge in [-0.25, -0.2) is 0 Å². The van der Waals surface area contributed by atoms with Crippen molar-refractivity contribution < 1.29 is 4.42 Å². The van der Waals surface area contributed by atoms with Crippen molar-refractivity contribution in [2.75, 3.05) is 13.6 Å². The third-order valence-electron chi connectivity index (χ3n) is 3.51. The molecule has 0 atom stereocenters. The number of benzene rings is 1. The summed E-state index contributed by atoms with van der Waals surface area (Å²) >= 11 is 6.15. The van der Waals surface area contributed by atoms with Gasteiger partial charge >= 0.3 is 0 Å². The van der Waals surface area contributed by atoms with Crippen LogP contribution in [0.1, 0.15) is 11.5 Å². The number of pyridine rings is 1. The molecule has 6 heteroatoms. The van der Waals surface area contributed by atoms with Gasteiger partial charge < -0.3 is 4.42 Å². The van der Waals surface area contributed by atoms with Gasteiger partial charge in [0.2, 0.25) is 11.8 Å². The van der Waals surface area contributed by atoms with E-state index in [1.165, 1.54) is 5.56 Å². The Bertz CT molecular complexity index is 760. The molecule has 0 aliphatic heterocycles. The molecule has 0 aliphatic rings. The fraction of sp³-hybridized carbons (Fsp3) is 0.235. The fourth-order valence-corrected chi connectivity index (χ4v) is 2.46.